The van der Waals surface area contributed by atoms with Gasteiger partial charge in [0.15, 0.2) is 0 Å². The van der Waals surface area contributed by atoms with E-state index in [9.17, 15) is 19.2 Å². The second-order valence-electron chi connectivity index (χ2n) is 9.45. The predicted octanol–water partition coefficient (Wildman–Crippen LogP) is 2.48. The number of para-hydroxylation sites is 1. The molecule has 0 spiro atoms. The molecule has 1 saturated heterocycles. The van der Waals surface area contributed by atoms with Gasteiger partial charge >= 0.3 is 10.8 Å². The first-order chi connectivity index (χ1) is 16.4. The second-order valence-corrected chi connectivity index (χ2v) is 11.7. The molecular formula is C24H24N2O6S2. The summed E-state index contributed by atoms with van der Waals surface area (Å²) in [4.78, 5) is 56.5. The number of benzene rings is 1. The minimum Gasteiger partial charge on any atom is -0.496 e. The van der Waals surface area contributed by atoms with Crippen molar-refractivity contribution in [2.45, 2.75) is 35.6 Å². The van der Waals surface area contributed by atoms with E-state index in [4.69, 9.17) is 9.47 Å². The lowest BCUT2D eigenvalue weighted by molar-refractivity contribution is -0.156. The normalized spacial score (nSPS) is 34.0. The van der Waals surface area contributed by atoms with Crippen LogP contribution in [0.15, 0.2) is 34.1 Å². The summed E-state index contributed by atoms with van der Waals surface area (Å²) in [5.41, 5.74) is 0.998. The molecule has 4 aliphatic rings. The van der Waals surface area contributed by atoms with E-state index in [1.807, 2.05) is 24.3 Å². The number of thiazole rings is 1. The fourth-order valence-corrected chi connectivity index (χ4v) is 9.85. The van der Waals surface area contributed by atoms with Crippen molar-refractivity contribution in [2.24, 2.45) is 29.6 Å². The van der Waals surface area contributed by atoms with E-state index in [1.165, 1.54) is 18.4 Å². The number of imide groups is 1. The van der Waals surface area contributed by atoms with Gasteiger partial charge in [0.25, 0.3) is 0 Å². The van der Waals surface area contributed by atoms with Crippen molar-refractivity contribution in [3.63, 3.8) is 0 Å². The van der Waals surface area contributed by atoms with Gasteiger partial charge in [0.1, 0.15) is 11.8 Å². The minimum atomic E-state index is -0.937. The van der Waals surface area contributed by atoms with E-state index in [0.717, 1.165) is 32.5 Å². The summed E-state index contributed by atoms with van der Waals surface area (Å²) < 4.78 is 10.5. The maximum Gasteiger partial charge on any atom is 0.328 e. The Morgan fingerprint density at radius 2 is 1.82 bits per heavy atom. The molecule has 1 N–H and O–H groups in total. The lowest BCUT2D eigenvalue weighted by Crippen LogP contribution is -2.45. The van der Waals surface area contributed by atoms with Crippen molar-refractivity contribution >= 4 is 40.9 Å². The highest BCUT2D eigenvalue weighted by Crippen LogP contribution is 2.69. The van der Waals surface area contributed by atoms with Gasteiger partial charge in [-0.25, -0.2) is 4.79 Å². The fourth-order valence-electron chi connectivity index (χ4n) is 6.97. The molecule has 1 aromatic carbocycles. The Balaban J connectivity index is 1.45. The van der Waals surface area contributed by atoms with Crippen LogP contribution in [0.4, 0.5) is 0 Å². The number of carbonyl (C=O) groups is 3. The molecule has 8 nitrogen and oxygen atoms in total. The van der Waals surface area contributed by atoms with Gasteiger partial charge in [-0.2, -0.15) is 0 Å². The topological polar surface area (TPSA) is 106 Å². The number of hydrogen-bond acceptors (Lipinski definition) is 8. The maximum absolute atomic E-state index is 13.6. The summed E-state index contributed by atoms with van der Waals surface area (Å²) in [5.74, 6) is -1.28. The number of nitrogens with one attached hydrogen (secondary N) is 1. The van der Waals surface area contributed by atoms with Crippen molar-refractivity contribution < 1.29 is 23.9 Å². The van der Waals surface area contributed by atoms with Crippen molar-refractivity contribution in [1.82, 2.24) is 9.88 Å². The molecule has 2 aliphatic carbocycles. The van der Waals surface area contributed by atoms with E-state index in [0.29, 0.717) is 0 Å². The number of aromatic nitrogens is 1. The zero-order valence-corrected chi connectivity index (χ0v) is 20.5. The number of methoxy groups -OCH3 is 2. The molecule has 8 unspecified atom stereocenters. The van der Waals surface area contributed by atoms with E-state index in [-0.39, 0.29) is 45.6 Å². The molecule has 6 rings (SSSR count). The summed E-state index contributed by atoms with van der Waals surface area (Å²) in [6.07, 6.45) is 0.792. The van der Waals surface area contributed by atoms with Gasteiger partial charge in [0, 0.05) is 21.6 Å². The number of thioether (sulfide) groups is 1. The quantitative estimate of drug-likeness (QED) is 0.508. The van der Waals surface area contributed by atoms with Crippen molar-refractivity contribution in [1.29, 1.82) is 0 Å². The van der Waals surface area contributed by atoms with E-state index in [1.54, 1.807) is 25.8 Å². The highest BCUT2D eigenvalue weighted by Gasteiger charge is 2.70. The molecule has 34 heavy (non-hydrogen) atoms. The van der Waals surface area contributed by atoms with Gasteiger partial charge in [0.05, 0.1) is 31.1 Å². The Morgan fingerprint density at radius 1 is 1.12 bits per heavy atom. The van der Waals surface area contributed by atoms with Gasteiger partial charge in [-0.1, -0.05) is 29.5 Å². The van der Waals surface area contributed by atoms with Crippen molar-refractivity contribution in [3.05, 3.63) is 44.4 Å². The number of likely N-dealkylation sites (tertiary alicyclic amines) is 1. The lowest BCUT2D eigenvalue weighted by atomic mass is 9.68. The number of fused-ring (bicyclic) bond motifs is 9. The zero-order chi connectivity index (χ0) is 23.9. The average molecular weight is 501 g/mol. The maximum atomic E-state index is 13.6. The van der Waals surface area contributed by atoms with E-state index >= 15 is 0 Å². The van der Waals surface area contributed by atoms with Gasteiger partial charge in [-0.05, 0) is 37.2 Å². The number of ether oxygens (including phenoxy) is 2. The Bertz CT molecular complexity index is 1270. The third kappa shape index (κ3) is 2.78. The highest BCUT2D eigenvalue weighted by atomic mass is 32.2. The van der Waals surface area contributed by atoms with Crippen LogP contribution in [0.5, 0.6) is 5.75 Å². The van der Waals surface area contributed by atoms with Crippen LogP contribution in [0.3, 0.4) is 0 Å². The number of rotatable bonds is 4. The minimum absolute atomic E-state index is 0.00468. The van der Waals surface area contributed by atoms with Crippen LogP contribution in [-0.2, 0) is 19.1 Å². The summed E-state index contributed by atoms with van der Waals surface area (Å²) in [7, 11) is 2.90. The molecule has 10 heteroatoms. The predicted molar refractivity (Wildman–Crippen MR) is 125 cm³/mol. The fraction of sp³-hybridized carbons (Fsp3) is 0.500. The molecule has 1 aromatic heterocycles. The van der Waals surface area contributed by atoms with E-state index in [2.05, 4.69) is 4.98 Å². The molecule has 2 saturated carbocycles. The van der Waals surface area contributed by atoms with Gasteiger partial charge in [-0.15, -0.1) is 11.8 Å². The Kier molecular flexibility index (Phi) is 4.97. The molecule has 2 amide bonds. The Morgan fingerprint density at radius 3 is 2.53 bits per heavy atom. The van der Waals surface area contributed by atoms with Crippen LogP contribution in [0.1, 0.15) is 29.7 Å². The molecule has 0 radical (unpaired) electrons. The number of amides is 2. The summed E-state index contributed by atoms with van der Waals surface area (Å²) in [5, 5.41) is 0.942. The Hall–Kier alpha value is -2.59. The van der Waals surface area contributed by atoms with Crippen molar-refractivity contribution in [3.8, 4) is 5.75 Å². The van der Waals surface area contributed by atoms with Crippen LogP contribution >= 0.6 is 23.1 Å². The first-order valence-corrected chi connectivity index (χ1v) is 13.0. The van der Waals surface area contributed by atoms with E-state index < -0.39 is 23.8 Å². The number of aromatic amines is 1. The molecule has 3 fully saturated rings. The van der Waals surface area contributed by atoms with Gasteiger partial charge in [-0.3, -0.25) is 19.3 Å². The van der Waals surface area contributed by atoms with Gasteiger partial charge in [0.2, 0.25) is 11.8 Å². The highest BCUT2D eigenvalue weighted by molar-refractivity contribution is 8.00. The lowest BCUT2D eigenvalue weighted by Gasteiger charge is -2.43. The monoisotopic (exact) mass is 500 g/mol. The van der Waals surface area contributed by atoms with Crippen LogP contribution in [0.25, 0.3) is 0 Å². The smallest absolute Gasteiger partial charge is 0.328 e. The molecule has 3 heterocycles. The number of H-pyrrole nitrogens is 1. The number of esters is 1. The first-order valence-electron chi connectivity index (χ1n) is 11.3. The third-order valence-corrected chi connectivity index (χ3v) is 10.7. The zero-order valence-electron chi connectivity index (χ0n) is 18.8. The third-order valence-electron chi connectivity index (χ3n) is 8.16. The summed E-state index contributed by atoms with van der Waals surface area (Å²) in [6.45, 7) is 1.55. The van der Waals surface area contributed by atoms with Gasteiger partial charge < -0.3 is 14.5 Å². The molecule has 2 aromatic rings. The summed E-state index contributed by atoms with van der Waals surface area (Å²) >= 11 is 2.85. The first kappa shape index (κ1) is 21.9. The van der Waals surface area contributed by atoms with Crippen LogP contribution < -0.4 is 9.61 Å². The largest absolute Gasteiger partial charge is 0.496 e. The van der Waals surface area contributed by atoms with Crippen LogP contribution in [0, 0.1) is 29.6 Å². The summed E-state index contributed by atoms with van der Waals surface area (Å²) in [6, 6.07) is 6.89. The Labute approximate surface area is 204 Å². The number of hydrogen-bond donors (Lipinski definition) is 1. The SMILES string of the molecule is COC(=O)C(C)N1C(=O)C2C3CC(C2C1=O)C1C(c2ccccc2OC)c2sc(=O)[nH]c2SC31. The second kappa shape index (κ2) is 7.71. The molecule has 2 bridgehead atoms. The van der Waals surface area contributed by atoms with Crippen molar-refractivity contribution in [2.75, 3.05) is 14.2 Å². The van der Waals surface area contributed by atoms with Crippen LogP contribution in [0.2, 0.25) is 0 Å². The standard InChI is InChI=1S/C24H24N2O6S2/c1-9(23(29)32-3)26-21(27)16-11-8-12(17(16)22(26)28)18-15(11)14(10-6-4-5-7-13(10)31-2)19-20(33-18)25-24(30)34-19/h4-7,9,11-12,14-18H,8H2,1-3H3,(H,25,30). The number of nitrogens with zero attached hydrogens (tertiary/aromatic N) is 1. The molecule has 2 aliphatic heterocycles. The molecule has 8 atom stereocenters. The molecular weight excluding hydrogens is 476 g/mol. The number of carbonyl (C=O) groups excluding carboxylic acids is 3. The average Bonchev–Trinajstić information content (AvgIpc) is 3.56. The van der Waals surface area contributed by atoms with Crippen LogP contribution in [-0.4, -0.2) is 53.2 Å². The molecule has 178 valence electrons.